The van der Waals surface area contributed by atoms with E-state index < -0.39 is 6.04 Å². The third kappa shape index (κ3) is 3.33. The van der Waals surface area contributed by atoms with Gasteiger partial charge in [0.25, 0.3) is 5.56 Å². The van der Waals surface area contributed by atoms with Gasteiger partial charge in [0, 0.05) is 17.7 Å². The van der Waals surface area contributed by atoms with E-state index in [9.17, 15) is 9.59 Å². The average Bonchev–Trinajstić information content (AvgIpc) is 3.40. The number of amides is 1. The second-order valence-electron chi connectivity index (χ2n) is 5.99. The minimum Gasteiger partial charge on any atom is -0.324 e. The first kappa shape index (κ1) is 15.5. The summed E-state index contributed by atoms with van der Waals surface area (Å²) in [6.07, 6.45) is 3.05. The molecular formula is C18H21N3O2. The van der Waals surface area contributed by atoms with Crippen molar-refractivity contribution in [3.8, 4) is 0 Å². The topological polar surface area (TPSA) is 64.0 Å². The van der Waals surface area contributed by atoms with Crippen LogP contribution in [-0.4, -0.2) is 15.7 Å². The minimum atomic E-state index is -0.647. The van der Waals surface area contributed by atoms with Crippen molar-refractivity contribution >= 4 is 11.6 Å². The number of carbonyl (C=O) groups is 1. The summed E-state index contributed by atoms with van der Waals surface area (Å²) in [5.41, 5.74) is 2.51. The molecule has 5 nitrogen and oxygen atoms in total. The van der Waals surface area contributed by atoms with Crippen molar-refractivity contribution < 1.29 is 4.79 Å². The summed E-state index contributed by atoms with van der Waals surface area (Å²) in [5, 5.41) is 7.30. The van der Waals surface area contributed by atoms with Crippen molar-refractivity contribution in [3.63, 3.8) is 0 Å². The third-order valence-corrected chi connectivity index (χ3v) is 4.24. The molecule has 1 N–H and O–H groups in total. The smallest absolute Gasteiger partial charge is 0.267 e. The molecule has 1 aliphatic rings. The van der Waals surface area contributed by atoms with Gasteiger partial charge in [0.2, 0.25) is 5.91 Å². The van der Waals surface area contributed by atoms with E-state index in [1.165, 1.54) is 10.7 Å². The standard InChI is InChI=1S/C18H21N3O2/c1-3-13-6-4-5-7-15(13)19-18(23)12(2)21-17(22)11-10-16(20-21)14-8-9-14/h4-7,10-12,14H,3,8-9H2,1-2H3,(H,19,23). The number of rotatable bonds is 5. The number of aryl methyl sites for hydroxylation is 1. The highest BCUT2D eigenvalue weighted by atomic mass is 16.2. The van der Waals surface area contributed by atoms with Crippen LogP contribution in [0.25, 0.3) is 0 Å². The Hall–Kier alpha value is -2.43. The SMILES string of the molecule is CCc1ccccc1NC(=O)C(C)n1nc(C2CC2)ccc1=O. The summed E-state index contributed by atoms with van der Waals surface area (Å²) >= 11 is 0. The van der Waals surface area contributed by atoms with Crippen molar-refractivity contribution in [3.05, 3.63) is 58.0 Å². The largest absolute Gasteiger partial charge is 0.324 e. The van der Waals surface area contributed by atoms with Crippen molar-refractivity contribution in [2.75, 3.05) is 5.32 Å². The Morgan fingerprint density at radius 3 is 2.74 bits per heavy atom. The summed E-state index contributed by atoms with van der Waals surface area (Å²) in [7, 11) is 0. The van der Waals surface area contributed by atoms with Crippen molar-refractivity contribution in [2.45, 2.75) is 45.1 Å². The summed E-state index contributed by atoms with van der Waals surface area (Å²) in [4.78, 5) is 24.6. The molecule has 5 heteroatoms. The van der Waals surface area contributed by atoms with E-state index in [1.807, 2.05) is 31.2 Å². The molecule has 1 aliphatic carbocycles. The zero-order valence-electron chi connectivity index (χ0n) is 13.5. The fourth-order valence-electron chi connectivity index (χ4n) is 2.61. The van der Waals surface area contributed by atoms with Gasteiger partial charge in [0.15, 0.2) is 0 Å². The van der Waals surface area contributed by atoms with Gasteiger partial charge in [-0.1, -0.05) is 25.1 Å². The van der Waals surface area contributed by atoms with Crippen LogP contribution in [0.15, 0.2) is 41.2 Å². The molecule has 2 aromatic rings. The van der Waals surface area contributed by atoms with Crippen molar-refractivity contribution in [1.82, 2.24) is 9.78 Å². The lowest BCUT2D eigenvalue weighted by Gasteiger charge is -2.16. The molecule has 0 spiro atoms. The van der Waals surface area contributed by atoms with Gasteiger partial charge in [-0.2, -0.15) is 5.10 Å². The highest BCUT2D eigenvalue weighted by molar-refractivity contribution is 5.94. The van der Waals surface area contributed by atoms with E-state index in [4.69, 9.17) is 0 Å². The van der Waals surface area contributed by atoms with E-state index in [1.54, 1.807) is 13.0 Å². The Bertz CT molecular complexity index is 778. The molecule has 0 saturated heterocycles. The molecule has 1 unspecified atom stereocenters. The van der Waals surface area contributed by atoms with Crippen LogP contribution >= 0.6 is 0 Å². The van der Waals surface area contributed by atoms with Crippen LogP contribution in [0, 0.1) is 0 Å². The molecular weight excluding hydrogens is 290 g/mol. The number of hydrogen-bond acceptors (Lipinski definition) is 3. The highest BCUT2D eigenvalue weighted by Crippen LogP contribution is 2.38. The Morgan fingerprint density at radius 2 is 2.04 bits per heavy atom. The van der Waals surface area contributed by atoms with E-state index in [0.29, 0.717) is 5.92 Å². The average molecular weight is 311 g/mol. The Labute approximate surface area is 135 Å². The molecule has 120 valence electrons. The summed E-state index contributed by atoms with van der Waals surface area (Å²) in [6.45, 7) is 3.74. The van der Waals surface area contributed by atoms with Crippen LogP contribution in [0.3, 0.4) is 0 Å². The monoisotopic (exact) mass is 311 g/mol. The third-order valence-electron chi connectivity index (χ3n) is 4.24. The molecule has 0 bridgehead atoms. The Kier molecular flexibility index (Phi) is 4.28. The van der Waals surface area contributed by atoms with Crippen LogP contribution in [0.4, 0.5) is 5.69 Å². The first-order valence-corrected chi connectivity index (χ1v) is 8.08. The first-order chi connectivity index (χ1) is 11.1. The Morgan fingerprint density at radius 1 is 1.30 bits per heavy atom. The van der Waals surface area contributed by atoms with Gasteiger partial charge < -0.3 is 5.32 Å². The number of para-hydroxylation sites is 1. The molecule has 1 atom stereocenters. The van der Waals surface area contributed by atoms with E-state index in [-0.39, 0.29) is 11.5 Å². The number of nitrogens with zero attached hydrogens (tertiary/aromatic N) is 2. The van der Waals surface area contributed by atoms with Crippen LogP contribution in [0.2, 0.25) is 0 Å². The maximum atomic E-state index is 12.5. The molecule has 0 radical (unpaired) electrons. The maximum Gasteiger partial charge on any atom is 0.267 e. The molecule has 3 rings (SSSR count). The molecule has 1 saturated carbocycles. The quantitative estimate of drug-likeness (QED) is 0.923. The van der Waals surface area contributed by atoms with Crippen molar-refractivity contribution in [1.29, 1.82) is 0 Å². The van der Waals surface area contributed by atoms with Gasteiger partial charge in [-0.25, -0.2) is 4.68 Å². The molecule has 1 heterocycles. The summed E-state index contributed by atoms with van der Waals surface area (Å²) < 4.78 is 1.29. The molecule has 0 aliphatic heterocycles. The van der Waals surface area contributed by atoms with Crippen molar-refractivity contribution in [2.24, 2.45) is 0 Å². The molecule has 1 fully saturated rings. The number of carbonyl (C=O) groups excluding carboxylic acids is 1. The second kappa shape index (κ2) is 6.36. The minimum absolute atomic E-state index is 0.228. The molecule has 1 aromatic heterocycles. The van der Waals surface area contributed by atoms with Gasteiger partial charge in [-0.15, -0.1) is 0 Å². The number of hydrogen-bond donors (Lipinski definition) is 1. The van der Waals surface area contributed by atoms with Crippen LogP contribution in [0.1, 0.15) is 49.9 Å². The lowest BCUT2D eigenvalue weighted by atomic mass is 10.1. The zero-order chi connectivity index (χ0) is 16.4. The van der Waals surface area contributed by atoms with Crippen LogP contribution in [0.5, 0.6) is 0 Å². The summed E-state index contributed by atoms with van der Waals surface area (Å²) in [6, 6.07) is 10.3. The van der Waals surface area contributed by atoms with Crippen LogP contribution in [-0.2, 0) is 11.2 Å². The summed E-state index contributed by atoms with van der Waals surface area (Å²) in [5.74, 6) is 0.214. The fraction of sp³-hybridized carbons (Fsp3) is 0.389. The lowest BCUT2D eigenvalue weighted by molar-refractivity contribution is -0.119. The molecule has 1 aromatic carbocycles. The molecule has 23 heavy (non-hydrogen) atoms. The Balaban J connectivity index is 1.82. The zero-order valence-corrected chi connectivity index (χ0v) is 13.5. The first-order valence-electron chi connectivity index (χ1n) is 8.08. The lowest BCUT2D eigenvalue weighted by Crippen LogP contribution is -2.33. The highest BCUT2D eigenvalue weighted by Gasteiger charge is 2.27. The van der Waals surface area contributed by atoms with E-state index in [2.05, 4.69) is 10.4 Å². The number of nitrogens with one attached hydrogen (secondary N) is 1. The van der Waals surface area contributed by atoms with Gasteiger partial charge in [-0.3, -0.25) is 9.59 Å². The van der Waals surface area contributed by atoms with E-state index >= 15 is 0 Å². The van der Waals surface area contributed by atoms with Gasteiger partial charge in [0.05, 0.1) is 5.69 Å². The fourth-order valence-corrected chi connectivity index (χ4v) is 2.61. The second-order valence-corrected chi connectivity index (χ2v) is 5.99. The predicted octanol–water partition coefficient (Wildman–Crippen LogP) is 2.88. The maximum absolute atomic E-state index is 12.5. The van der Waals surface area contributed by atoms with Gasteiger partial charge in [-0.05, 0) is 43.9 Å². The number of benzene rings is 1. The normalized spacial score (nSPS) is 15.2. The van der Waals surface area contributed by atoms with Gasteiger partial charge in [0.1, 0.15) is 6.04 Å². The number of aromatic nitrogens is 2. The van der Waals surface area contributed by atoms with Crippen LogP contribution < -0.4 is 10.9 Å². The van der Waals surface area contributed by atoms with Gasteiger partial charge >= 0.3 is 0 Å². The predicted molar refractivity (Wildman–Crippen MR) is 89.6 cm³/mol. The number of anilines is 1. The van der Waals surface area contributed by atoms with E-state index in [0.717, 1.165) is 36.2 Å². The molecule has 1 amide bonds.